The van der Waals surface area contributed by atoms with Crippen molar-refractivity contribution in [2.24, 2.45) is 11.8 Å². The van der Waals surface area contributed by atoms with Crippen LogP contribution < -0.4 is 0 Å². The minimum Gasteiger partial charge on any atom is -0.299 e. The molecule has 0 radical (unpaired) electrons. The summed E-state index contributed by atoms with van der Waals surface area (Å²) in [5.74, 6) is 5.83. The Morgan fingerprint density at radius 2 is 1.67 bits per heavy atom. The third-order valence-corrected chi connectivity index (χ3v) is 1.73. The number of carbonyl (C=O) groups excluding carboxylic acids is 2. The van der Waals surface area contributed by atoms with E-state index in [9.17, 15) is 9.59 Å². The van der Waals surface area contributed by atoms with Crippen LogP contribution in [0.25, 0.3) is 0 Å². The first-order valence-corrected chi connectivity index (χ1v) is 5.45. The molecular formula is C13H20O2. The van der Waals surface area contributed by atoms with Crippen molar-refractivity contribution < 1.29 is 9.59 Å². The van der Waals surface area contributed by atoms with Gasteiger partial charge < -0.3 is 0 Å². The van der Waals surface area contributed by atoms with Gasteiger partial charge in [-0.1, -0.05) is 33.6 Å². The maximum atomic E-state index is 11.3. The first-order chi connectivity index (χ1) is 6.91. The lowest BCUT2D eigenvalue weighted by atomic mass is 10.0. The van der Waals surface area contributed by atoms with Gasteiger partial charge in [-0.15, -0.1) is 0 Å². The van der Waals surface area contributed by atoms with Crippen molar-refractivity contribution in [3.63, 3.8) is 0 Å². The Morgan fingerprint density at radius 3 is 2.13 bits per heavy atom. The van der Waals surface area contributed by atoms with Crippen molar-refractivity contribution in [2.45, 2.75) is 47.0 Å². The Kier molecular flexibility index (Phi) is 6.70. The lowest BCUT2D eigenvalue weighted by Gasteiger charge is -2.00. The van der Waals surface area contributed by atoms with E-state index >= 15 is 0 Å². The van der Waals surface area contributed by atoms with E-state index in [1.54, 1.807) is 0 Å². The van der Waals surface area contributed by atoms with E-state index in [1.807, 2.05) is 27.7 Å². The van der Waals surface area contributed by atoms with Crippen LogP contribution in [0, 0.1) is 23.7 Å². The Balaban J connectivity index is 3.91. The molecule has 15 heavy (non-hydrogen) atoms. The summed E-state index contributed by atoms with van der Waals surface area (Å²) in [5, 5.41) is 0. The summed E-state index contributed by atoms with van der Waals surface area (Å²) in [6.45, 7) is 8.02. The van der Waals surface area contributed by atoms with Crippen LogP contribution in [0.1, 0.15) is 47.0 Å². The van der Waals surface area contributed by atoms with Gasteiger partial charge in [-0.25, -0.2) is 0 Å². The zero-order chi connectivity index (χ0) is 11.8. The highest BCUT2D eigenvalue weighted by atomic mass is 16.1. The molecule has 0 N–H and O–H groups in total. The maximum Gasteiger partial charge on any atom is 0.212 e. The van der Waals surface area contributed by atoms with Crippen LogP contribution in [-0.2, 0) is 9.59 Å². The fourth-order valence-electron chi connectivity index (χ4n) is 1.10. The normalized spacial score (nSPS) is 10.0. The number of rotatable bonds is 5. The Labute approximate surface area is 92.4 Å². The standard InChI is InChI=1S/C13H20O2/c1-10(2)6-5-7-12(14)9-13(15)8-11(3)4/h10-11H,6,8-9H2,1-4H3. The van der Waals surface area contributed by atoms with Crippen LogP contribution in [-0.4, -0.2) is 11.6 Å². The molecule has 0 aliphatic carbocycles. The van der Waals surface area contributed by atoms with E-state index in [0.717, 1.165) is 0 Å². The van der Waals surface area contributed by atoms with E-state index in [2.05, 4.69) is 11.8 Å². The van der Waals surface area contributed by atoms with Gasteiger partial charge in [0.1, 0.15) is 5.78 Å². The first-order valence-electron chi connectivity index (χ1n) is 5.45. The summed E-state index contributed by atoms with van der Waals surface area (Å²) in [6, 6.07) is 0. The topological polar surface area (TPSA) is 34.1 Å². The number of hydrogen-bond donors (Lipinski definition) is 0. The zero-order valence-corrected chi connectivity index (χ0v) is 10.1. The quantitative estimate of drug-likeness (QED) is 0.395. The van der Waals surface area contributed by atoms with Crippen molar-refractivity contribution in [1.82, 2.24) is 0 Å². The molecular weight excluding hydrogens is 188 g/mol. The van der Waals surface area contributed by atoms with Crippen molar-refractivity contribution in [3.8, 4) is 11.8 Å². The molecule has 0 heterocycles. The molecule has 2 heteroatoms. The van der Waals surface area contributed by atoms with Crippen molar-refractivity contribution in [2.75, 3.05) is 0 Å². The second-order valence-electron chi connectivity index (χ2n) is 4.64. The molecule has 0 amide bonds. The van der Waals surface area contributed by atoms with Gasteiger partial charge in [-0.2, -0.15) is 0 Å². The molecule has 0 aromatic carbocycles. The molecule has 0 fully saturated rings. The first kappa shape index (κ1) is 13.9. The molecule has 0 aliphatic rings. The summed E-state index contributed by atoms with van der Waals surface area (Å²) >= 11 is 0. The van der Waals surface area contributed by atoms with Gasteiger partial charge in [0.05, 0.1) is 6.42 Å². The molecule has 0 saturated heterocycles. The zero-order valence-electron chi connectivity index (χ0n) is 10.1. The van der Waals surface area contributed by atoms with Crippen LogP contribution >= 0.6 is 0 Å². The van der Waals surface area contributed by atoms with Crippen LogP contribution in [0.5, 0.6) is 0 Å². The number of hydrogen-bond acceptors (Lipinski definition) is 2. The maximum absolute atomic E-state index is 11.3. The van der Waals surface area contributed by atoms with E-state index in [-0.39, 0.29) is 18.0 Å². The Hall–Kier alpha value is -1.10. The van der Waals surface area contributed by atoms with Crippen molar-refractivity contribution in [1.29, 1.82) is 0 Å². The molecule has 0 rings (SSSR count). The average molecular weight is 208 g/mol. The number of carbonyl (C=O) groups is 2. The molecule has 0 unspecified atom stereocenters. The third-order valence-electron chi connectivity index (χ3n) is 1.73. The second kappa shape index (κ2) is 7.23. The molecule has 0 atom stereocenters. The highest BCUT2D eigenvalue weighted by Gasteiger charge is 2.08. The molecule has 0 bridgehead atoms. The van der Waals surface area contributed by atoms with Crippen LogP contribution in [0.2, 0.25) is 0 Å². The largest absolute Gasteiger partial charge is 0.299 e. The second-order valence-corrected chi connectivity index (χ2v) is 4.64. The van der Waals surface area contributed by atoms with Gasteiger partial charge in [0, 0.05) is 12.8 Å². The minimum atomic E-state index is -0.249. The average Bonchev–Trinajstić information content (AvgIpc) is 2.00. The summed E-state index contributed by atoms with van der Waals surface area (Å²) in [7, 11) is 0. The smallest absolute Gasteiger partial charge is 0.212 e. The third kappa shape index (κ3) is 9.21. The molecule has 0 aromatic rings. The monoisotopic (exact) mass is 208 g/mol. The van der Waals surface area contributed by atoms with Gasteiger partial charge >= 0.3 is 0 Å². The highest BCUT2D eigenvalue weighted by Crippen LogP contribution is 2.03. The van der Waals surface area contributed by atoms with Crippen LogP contribution in [0.4, 0.5) is 0 Å². The number of ketones is 2. The van der Waals surface area contributed by atoms with Gasteiger partial charge in [-0.3, -0.25) is 9.59 Å². The van der Waals surface area contributed by atoms with Crippen LogP contribution in [0.15, 0.2) is 0 Å². The lowest BCUT2D eigenvalue weighted by Crippen LogP contribution is -2.08. The van der Waals surface area contributed by atoms with E-state index in [1.165, 1.54) is 0 Å². The van der Waals surface area contributed by atoms with E-state index < -0.39 is 0 Å². The van der Waals surface area contributed by atoms with Crippen LogP contribution in [0.3, 0.4) is 0 Å². The number of Topliss-reactive ketones (excluding diaryl/α,β-unsaturated/α-hetero) is 2. The molecule has 0 aromatic heterocycles. The SMILES string of the molecule is CC(C)CC#CC(=O)CC(=O)CC(C)C. The van der Waals surface area contributed by atoms with Crippen molar-refractivity contribution in [3.05, 3.63) is 0 Å². The summed E-state index contributed by atoms with van der Waals surface area (Å²) < 4.78 is 0. The van der Waals surface area contributed by atoms with Gasteiger partial charge in [0.25, 0.3) is 0 Å². The predicted molar refractivity (Wildman–Crippen MR) is 61.3 cm³/mol. The Morgan fingerprint density at radius 1 is 1.07 bits per heavy atom. The van der Waals surface area contributed by atoms with Gasteiger partial charge in [-0.05, 0) is 17.8 Å². The molecule has 84 valence electrons. The highest BCUT2D eigenvalue weighted by molar-refractivity contribution is 6.07. The van der Waals surface area contributed by atoms with E-state index in [4.69, 9.17) is 0 Å². The molecule has 0 spiro atoms. The fraction of sp³-hybridized carbons (Fsp3) is 0.692. The van der Waals surface area contributed by atoms with Gasteiger partial charge in [0.15, 0.2) is 0 Å². The molecule has 0 saturated carbocycles. The summed E-state index contributed by atoms with van der Waals surface area (Å²) in [6.07, 6.45) is 1.16. The summed E-state index contributed by atoms with van der Waals surface area (Å²) in [4.78, 5) is 22.5. The fourth-order valence-corrected chi connectivity index (χ4v) is 1.10. The lowest BCUT2D eigenvalue weighted by molar-refractivity contribution is -0.124. The predicted octanol–water partition coefficient (Wildman–Crippen LogP) is 2.61. The molecule has 0 aliphatic heterocycles. The summed E-state index contributed by atoms with van der Waals surface area (Å²) in [5.41, 5.74) is 0. The van der Waals surface area contributed by atoms with Gasteiger partial charge in [0.2, 0.25) is 5.78 Å². The minimum absolute atomic E-state index is 0.00570. The van der Waals surface area contributed by atoms with E-state index in [0.29, 0.717) is 24.7 Å². The molecule has 2 nitrogen and oxygen atoms in total. The van der Waals surface area contributed by atoms with Crippen molar-refractivity contribution >= 4 is 11.6 Å². The Bertz CT molecular complexity index is 277.